The van der Waals surface area contributed by atoms with Gasteiger partial charge in [0.15, 0.2) is 11.0 Å². The van der Waals surface area contributed by atoms with Gasteiger partial charge in [-0.1, -0.05) is 53.4 Å². The Kier molecular flexibility index (Phi) is 6.41. The summed E-state index contributed by atoms with van der Waals surface area (Å²) in [5, 5.41) is 14.8. The van der Waals surface area contributed by atoms with Gasteiger partial charge in [-0.2, -0.15) is 9.61 Å². The van der Waals surface area contributed by atoms with E-state index in [0.717, 1.165) is 40.3 Å². The van der Waals surface area contributed by atoms with Crippen molar-refractivity contribution in [3.05, 3.63) is 87.3 Å². The molecule has 5 aromatic rings. The maximum Gasteiger partial charge on any atom is 0.275 e. The Balaban J connectivity index is 1.43. The van der Waals surface area contributed by atoms with Crippen LogP contribution in [0, 0.1) is 6.92 Å². The van der Waals surface area contributed by atoms with Gasteiger partial charge in [0.25, 0.3) is 5.56 Å². The summed E-state index contributed by atoms with van der Waals surface area (Å²) >= 11 is 2.92. The van der Waals surface area contributed by atoms with Crippen LogP contribution < -0.4 is 10.3 Å². The molecular weight excluding hydrogens is 468 g/mol. The van der Waals surface area contributed by atoms with E-state index >= 15 is 0 Å². The third-order valence-electron chi connectivity index (χ3n) is 5.28. The molecule has 2 aromatic carbocycles. The number of rotatable bonds is 8. The van der Waals surface area contributed by atoms with Gasteiger partial charge < -0.3 is 9.30 Å². The van der Waals surface area contributed by atoms with E-state index in [2.05, 4.69) is 37.0 Å². The SMILES string of the molecule is COc1ccc(-c2nnc(SCc3cc(=O)n4nc(C)sc4n3)n2CCc2ccccc2)cc1. The van der Waals surface area contributed by atoms with E-state index in [4.69, 9.17) is 4.74 Å². The van der Waals surface area contributed by atoms with Crippen LogP contribution in [0.25, 0.3) is 16.3 Å². The zero-order valence-electron chi connectivity index (χ0n) is 18.7. The van der Waals surface area contributed by atoms with Gasteiger partial charge in [0, 0.05) is 23.9 Å². The highest BCUT2D eigenvalue weighted by Crippen LogP contribution is 2.28. The minimum absolute atomic E-state index is 0.172. The van der Waals surface area contributed by atoms with Crippen molar-refractivity contribution in [1.29, 1.82) is 0 Å². The second-order valence-electron chi connectivity index (χ2n) is 7.61. The standard InChI is InChI=1S/C24H22N6O2S2/c1-16-28-30-21(31)14-19(25-23(30)34-16)15-33-24-27-26-22(18-8-10-20(32-2)11-9-18)29(24)13-12-17-6-4-3-5-7-17/h3-11,14H,12-13,15H2,1-2H3. The van der Waals surface area contributed by atoms with E-state index < -0.39 is 0 Å². The summed E-state index contributed by atoms with van der Waals surface area (Å²) in [7, 11) is 1.65. The molecule has 3 heterocycles. The lowest BCUT2D eigenvalue weighted by Crippen LogP contribution is -2.15. The van der Waals surface area contributed by atoms with Crippen molar-refractivity contribution in [1.82, 2.24) is 29.4 Å². The Morgan fingerprint density at radius 2 is 1.85 bits per heavy atom. The topological polar surface area (TPSA) is 87.2 Å². The van der Waals surface area contributed by atoms with Gasteiger partial charge in [-0.05, 0) is 43.2 Å². The van der Waals surface area contributed by atoms with Gasteiger partial charge in [0.1, 0.15) is 10.8 Å². The minimum Gasteiger partial charge on any atom is -0.497 e. The Morgan fingerprint density at radius 3 is 2.62 bits per heavy atom. The van der Waals surface area contributed by atoms with Gasteiger partial charge in [-0.15, -0.1) is 10.2 Å². The average Bonchev–Trinajstić information content (AvgIpc) is 3.45. The minimum atomic E-state index is -0.172. The van der Waals surface area contributed by atoms with Crippen LogP contribution in [0.15, 0.2) is 70.6 Å². The van der Waals surface area contributed by atoms with E-state index in [1.807, 2.05) is 49.4 Å². The molecule has 0 amide bonds. The van der Waals surface area contributed by atoms with Crippen LogP contribution in [0.3, 0.4) is 0 Å². The van der Waals surface area contributed by atoms with E-state index in [-0.39, 0.29) is 5.56 Å². The molecule has 0 bridgehead atoms. The lowest BCUT2D eigenvalue weighted by atomic mass is 10.1. The molecule has 34 heavy (non-hydrogen) atoms. The van der Waals surface area contributed by atoms with E-state index in [9.17, 15) is 4.79 Å². The van der Waals surface area contributed by atoms with Crippen molar-refractivity contribution >= 4 is 28.1 Å². The predicted molar refractivity (Wildman–Crippen MR) is 134 cm³/mol. The molecule has 0 aliphatic carbocycles. The molecule has 0 atom stereocenters. The van der Waals surface area contributed by atoms with Crippen LogP contribution >= 0.6 is 23.1 Å². The number of ether oxygens (including phenoxy) is 1. The number of benzene rings is 2. The third-order valence-corrected chi connectivity index (χ3v) is 7.10. The molecule has 0 saturated heterocycles. The van der Waals surface area contributed by atoms with Crippen LogP contribution in [-0.4, -0.2) is 36.5 Å². The Hall–Kier alpha value is -3.50. The smallest absolute Gasteiger partial charge is 0.275 e. The fraction of sp³-hybridized carbons (Fsp3) is 0.208. The number of aromatic nitrogens is 6. The third kappa shape index (κ3) is 4.73. The first kappa shape index (κ1) is 22.3. The average molecular weight is 491 g/mol. The van der Waals surface area contributed by atoms with Gasteiger partial charge >= 0.3 is 0 Å². The Labute approximate surface area is 204 Å². The first-order valence-electron chi connectivity index (χ1n) is 10.7. The molecule has 172 valence electrons. The van der Waals surface area contributed by atoms with Crippen molar-refractivity contribution in [2.24, 2.45) is 0 Å². The molecule has 0 N–H and O–H groups in total. The number of fused-ring (bicyclic) bond motifs is 1. The summed E-state index contributed by atoms with van der Waals surface area (Å²) in [6, 6.07) is 19.7. The fourth-order valence-electron chi connectivity index (χ4n) is 3.60. The highest BCUT2D eigenvalue weighted by atomic mass is 32.2. The van der Waals surface area contributed by atoms with Crippen LogP contribution in [0.5, 0.6) is 5.75 Å². The largest absolute Gasteiger partial charge is 0.497 e. The summed E-state index contributed by atoms with van der Waals surface area (Å²) in [6.07, 6.45) is 0.849. The molecule has 0 aliphatic heterocycles. The van der Waals surface area contributed by atoms with Gasteiger partial charge in [-0.25, -0.2) is 4.98 Å². The zero-order valence-corrected chi connectivity index (χ0v) is 20.3. The monoisotopic (exact) mass is 490 g/mol. The molecule has 0 fully saturated rings. The van der Waals surface area contributed by atoms with E-state index in [1.54, 1.807) is 7.11 Å². The second kappa shape index (κ2) is 9.78. The molecule has 3 aromatic heterocycles. The number of methoxy groups -OCH3 is 1. The lowest BCUT2D eigenvalue weighted by Gasteiger charge is -2.11. The number of aryl methyl sites for hydroxylation is 2. The van der Waals surface area contributed by atoms with Gasteiger partial charge in [0.2, 0.25) is 4.96 Å². The Bertz CT molecular complexity index is 1480. The summed E-state index contributed by atoms with van der Waals surface area (Å²) < 4.78 is 8.76. The zero-order chi connectivity index (χ0) is 23.5. The molecule has 0 aliphatic rings. The molecule has 8 nitrogen and oxygen atoms in total. The fourth-order valence-corrected chi connectivity index (χ4v) is 5.22. The van der Waals surface area contributed by atoms with Crippen molar-refractivity contribution in [2.45, 2.75) is 30.8 Å². The molecule has 0 saturated carbocycles. The van der Waals surface area contributed by atoms with Crippen molar-refractivity contribution in [3.8, 4) is 17.1 Å². The second-order valence-corrected chi connectivity index (χ2v) is 9.71. The number of hydrogen-bond acceptors (Lipinski definition) is 8. The molecule has 10 heteroatoms. The normalized spacial score (nSPS) is 11.2. The quantitative estimate of drug-likeness (QED) is 0.300. The van der Waals surface area contributed by atoms with Crippen molar-refractivity contribution in [2.75, 3.05) is 7.11 Å². The highest BCUT2D eigenvalue weighted by Gasteiger charge is 2.16. The van der Waals surface area contributed by atoms with E-state index in [1.165, 1.54) is 39.2 Å². The molecule has 0 radical (unpaired) electrons. The van der Waals surface area contributed by atoms with Crippen molar-refractivity contribution < 1.29 is 4.74 Å². The highest BCUT2D eigenvalue weighted by molar-refractivity contribution is 7.98. The molecular formula is C24H22N6O2S2. The summed E-state index contributed by atoms with van der Waals surface area (Å²) in [4.78, 5) is 17.6. The van der Waals surface area contributed by atoms with Gasteiger partial charge in [0.05, 0.1) is 12.8 Å². The molecule has 5 rings (SSSR count). The first-order chi connectivity index (χ1) is 16.6. The lowest BCUT2D eigenvalue weighted by molar-refractivity contribution is 0.415. The molecule has 0 unspecified atom stereocenters. The maximum atomic E-state index is 12.4. The molecule has 0 spiro atoms. The van der Waals surface area contributed by atoms with Gasteiger partial charge in [-0.3, -0.25) is 4.79 Å². The van der Waals surface area contributed by atoms with Crippen LogP contribution in [0.4, 0.5) is 0 Å². The number of hydrogen-bond donors (Lipinski definition) is 0. The summed E-state index contributed by atoms with van der Waals surface area (Å²) in [5.74, 6) is 2.09. The summed E-state index contributed by atoms with van der Waals surface area (Å²) in [5.41, 5.74) is 2.73. The van der Waals surface area contributed by atoms with E-state index in [0.29, 0.717) is 16.4 Å². The maximum absolute atomic E-state index is 12.4. The Morgan fingerprint density at radius 1 is 1.06 bits per heavy atom. The van der Waals surface area contributed by atoms with Crippen LogP contribution in [0.1, 0.15) is 16.3 Å². The number of thioether (sulfide) groups is 1. The predicted octanol–water partition coefficient (Wildman–Crippen LogP) is 4.26. The van der Waals surface area contributed by atoms with Crippen LogP contribution in [-0.2, 0) is 18.7 Å². The van der Waals surface area contributed by atoms with Crippen LogP contribution in [0.2, 0.25) is 0 Å². The van der Waals surface area contributed by atoms with Crippen molar-refractivity contribution in [3.63, 3.8) is 0 Å². The first-order valence-corrected chi connectivity index (χ1v) is 12.5. The number of nitrogens with zero attached hydrogens (tertiary/aromatic N) is 6. The summed E-state index contributed by atoms with van der Waals surface area (Å²) in [6.45, 7) is 2.59.